The molecule has 2 aromatic carbocycles. The molecule has 1 aliphatic heterocycles. The lowest BCUT2D eigenvalue weighted by atomic mass is 9.84. The zero-order valence-corrected chi connectivity index (χ0v) is 17.5. The Bertz CT molecular complexity index is 1350. The van der Waals surface area contributed by atoms with Crippen LogP contribution in [0.25, 0.3) is 0 Å². The SMILES string of the molecule is Cc1cccc(N2C(=O)[C@H]3C=C[C@@H](n4[nH]c(=O)n(Cc5ccccc5)c4=O)C[C@@H]3C2=O)c1. The van der Waals surface area contributed by atoms with Gasteiger partial charge in [0, 0.05) is 0 Å². The predicted molar refractivity (Wildman–Crippen MR) is 118 cm³/mol. The summed E-state index contributed by atoms with van der Waals surface area (Å²) in [5.41, 5.74) is 1.36. The summed E-state index contributed by atoms with van der Waals surface area (Å²) >= 11 is 0. The molecule has 162 valence electrons. The quantitative estimate of drug-likeness (QED) is 0.506. The Balaban J connectivity index is 1.43. The lowest BCUT2D eigenvalue weighted by molar-refractivity contribution is -0.122. The van der Waals surface area contributed by atoms with Crippen LogP contribution in [0, 0.1) is 18.8 Å². The van der Waals surface area contributed by atoms with E-state index in [9.17, 15) is 19.2 Å². The van der Waals surface area contributed by atoms with Crippen LogP contribution in [-0.4, -0.2) is 26.2 Å². The van der Waals surface area contributed by atoms with Crippen LogP contribution >= 0.6 is 0 Å². The fraction of sp³-hybridized carbons (Fsp3) is 0.250. The number of hydrogen-bond acceptors (Lipinski definition) is 4. The fourth-order valence-electron chi connectivity index (χ4n) is 4.57. The minimum absolute atomic E-state index is 0.156. The van der Waals surface area contributed by atoms with E-state index >= 15 is 0 Å². The van der Waals surface area contributed by atoms with Crippen LogP contribution < -0.4 is 16.3 Å². The molecule has 1 aromatic heterocycles. The summed E-state index contributed by atoms with van der Waals surface area (Å²) in [5, 5.41) is 2.61. The lowest BCUT2D eigenvalue weighted by Crippen LogP contribution is -2.33. The normalized spacial score (nSPS) is 22.4. The third-order valence-corrected chi connectivity index (χ3v) is 6.19. The van der Waals surface area contributed by atoms with Gasteiger partial charge in [-0.1, -0.05) is 54.6 Å². The lowest BCUT2D eigenvalue weighted by Gasteiger charge is -2.23. The summed E-state index contributed by atoms with van der Waals surface area (Å²) in [4.78, 5) is 52.7. The van der Waals surface area contributed by atoms with Gasteiger partial charge in [-0.2, -0.15) is 0 Å². The molecule has 2 aliphatic rings. The number of amides is 2. The van der Waals surface area contributed by atoms with E-state index in [-0.39, 0.29) is 24.8 Å². The van der Waals surface area contributed by atoms with Crippen molar-refractivity contribution in [2.45, 2.75) is 25.9 Å². The van der Waals surface area contributed by atoms with Gasteiger partial charge >= 0.3 is 11.4 Å². The van der Waals surface area contributed by atoms with Crippen LogP contribution in [0.15, 0.2) is 76.3 Å². The van der Waals surface area contributed by atoms with Gasteiger partial charge in [0.2, 0.25) is 11.8 Å². The molecule has 1 fully saturated rings. The van der Waals surface area contributed by atoms with Crippen LogP contribution in [-0.2, 0) is 16.1 Å². The zero-order valence-electron chi connectivity index (χ0n) is 17.5. The summed E-state index contributed by atoms with van der Waals surface area (Å²) in [6, 6.07) is 16.0. The molecule has 2 amide bonds. The highest BCUT2D eigenvalue weighted by Gasteiger charge is 2.49. The van der Waals surface area contributed by atoms with Crippen molar-refractivity contribution in [3.8, 4) is 0 Å². The first-order chi connectivity index (χ1) is 15.4. The van der Waals surface area contributed by atoms with E-state index in [1.165, 1.54) is 9.58 Å². The average Bonchev–Trinajstić information content (AvgIpc) is 3.21. The number of benzene rings is 2. The maximum atomic E-state index is 13.1. The number of hydrogen-bond donors (Lipinski definition) is 1. The van der Waals surface area contributed by atoms with Crippen LogP contribution in [0.4, 0.5) is 5.69 Å². The summed E-state index contributed by atoms with van der Waals surface area (Å²) in [6.45, 7) is 2.06. The van der Waals surface area contributed by atoms with Crippen LogP contribution in [0.1, 0.15) is 23.6 Å². The molecule has 0 bridgehead atoms. The minimum Gasteiger partial charge on any atom is -0.274 e. The Morgan fingerprint density at radius 1 is 0.938 bits per heavy atom. The van der Waals surface area contributed by atoms with Gasteiger partial charge in [-0.15, -0.1) is 0 Å². The van der Waals surface area contributed by atoms with Gasteiger partial charge in [0.1, 0.15) is 0 Å². The van der Waals surface area contributed by atoms with E-state index in [1.54, 1.807) is 24.3 Å². The van der Waals surface area contributed by atoms with Gasteiger partial charge in [0.05, 0.1) is 30.1 Å². The minimum atomic E-state index is -0.578. The van der Waals surface area contributed by atoms with Gasteiger partial charge in [0.25, 0.3) is 0 Å². The van der Waals surface area contributed by atoms with E-state index in [2.05, 4.69) is 5.10 Å². The van der Waals surface area contributed by atoms with E-state index < -0.39 is 29.3 Å². The van der Waals surface area contributed by atoms with Gasteiger partial charge in [-0.25, -0.2) is 28.8 Å². The average molecular weight is 430 g/mol. The second-order valence-electron chi connectivity index (χ2n) is 8.31. The van der Waals surface area contributed by atoms with Crippen molar-refractivity contribution >= 4 is 17.5 Å². The molecule has 1 saturated heterocycles. The molecule has 3 atom stereocenters. The molecule has 0 radical (unpaired) electrons. The Kier molecular flexibility index (Phi) is 4.77. The Hall–Kier alpha value is -3.94. The molecule has 0 unspecified atom stereocenters. The number of anilines is 1. The highest BCUT2D eigenvalue weighted by molar-refractivity contribution is 6.22. The number of nitrogens with zero attached hydrogens (tertiary/aromatic N) is 3. The van der Waals surface area contributed by atoms with Crippen molar-refractivity contribution in [2.75, 3.05) is 4.90 Å². The molecule has 1 N–H and O–H groups in total. The van der Waals surface area contributed by atoms with E-state index in [4.69, 9.17) is 0 Å². The van der Waals surface area contributed by atoms with Crippen LogP contribution in [0.5, 0.6) is 0 Å². The second-order valence-corrected chi connectivity index (χ2v) is 8.31. The van der Waals surface area contributed by atoms with Crippen molar-refractivity contribution < 1.29 is 9.59 Å². The first-order valence-electron chi connectivity index (χ1n) is 10.5. The van der Waals surface area contributed by atoms with Crippen LogP contribution in [0.2, 0.25) is 0 Å². The second kappa shape index (κ2) is 7.64. The number of aryl methyl sites for hydroxylation is 1. The van der Waals surface area contributed by atoms with Crippen molar-refractivity contribution in [1.29, 1.82) is 0 Å². The summed E-state index contributed by atoms with van der Waals surface area (Å²) < 4.78 is 2.39. The molecule has 2 heterocycles. The number of H-pyrrole nitrogens is 1. The molecular formula is C24H22N4O4. The summed E-state index contributed by atoms with van der Waals surface area (Å²) in [5.74, 6) is -1.68. The number of aromatic amines is 1. The van der Waals surface area contributed by atoms with Gasteiger partial charge in [-0.3, -0.25) is 9.59 Å². The Labute approximate surface area is 183 Å². The summed E-state index contributed by atoms with van der Waals surface area (Å²) in [7, 11) is 0. The fourth-order valence-corrected chi connectivity index (χ4v) is 4.57. The number of carbonyl (C=O) groups is 2. The summed E-state index contributed by atoms with van der Waals surface area (Å²) in [6.07, 6.45) is 3.68. The van der Waals surface area contributed by atoms with E-state index in [1.807, 2.05) is 49.4 Å². The Morgan fingerprint density at radius 2 is 1.72 bits per heavy atom. The molecule has 0 saturated carbocycles. The molecule has 0 spiro atoms. The number of rotatable bonds is 4. The molecule has 8 nitrogen and oxygen atoms in total. The highest BCUT2D eigenvalue weighted by atomic mass is 16.2. The van der Waals surface area contributed by atoms with E-state index in [0.29, 0.717) is 5.69 Å². The van der Waals surface area contributed by atoms with Gasteiger partial charge in [0.15, 0.2) is 0 Å². The molecule has 5 rings (SSSR count). The highest BCUT2D eigenvalue weighted by Crippen LogP contribution is 2.39. The predicted octanol–water partition coefficient (Wildman–Crippen LogP) is 2.00. The molecule has 32 heavy (non-hydrogen) atoms. The van der Waals surface area contributed by atoms with Gasteiger partial charge < -0.3 is 0 Å². The van der Waals surface area contributed by atoms with Crippen LogP contribution in [0.3, 0.4) is 0 Å². The number of imide groups is 1. The molecular weight excluding hydrogens is 408 g/mol. The smallest absolute Gasteiger partial charge is 0.274 e. The number of aromatic nitrogens is 3. The standard InChI is InChI=1S/C24H22N4O4/c1-15-6-5-9-17(12-15)27-21(29)19-11-10-18(13-20(19)22(27)30)28-24(32)26(23(31)25-28)14-16-7-3-2-4-8-16/h2-12,18-20H,13-14H2,1H3,(H,25,31)/t18-,19+,20+/m1/s1. The largest absolute Gasteiger partial charge is 0.347 e. The Morgan fingerprint density at radius 3 is 2.47 bits per heavy atom. The van der Waals surface area contributed by atoms with Gasteiger partial charge in [-0.05, 0) is 36.6 Å². The van der Waals surface area contributed by atoms with Crippen molar-refractivity contribution in [1.82, 2.24) is 14.3 Å². The molecule has 3 aromatic rings. The number of carbonyl (C=O) groups excluding carboxylic acids is 2. The first kappa shape index (κ1) is 20.0. The number of fused-ring (bicyclic) bond motifs is 1. The molecule has 1 aliphatic carbocycles. The maximum absolute atomic E-state index is 13.1. The monoisotopic (exact) mass is 430 g/mol. The van der Waals surface area contributed by atoms with Crippen molar-refractivity contribution in [3.63, 3.8) is 0 Å². The van der Waals surface area contributed by atoms with Crippen molar-refractivity contribution in [3.05, 3.63) is 98.8 Å². The third kappa shape index (κ3) is 3.24. The zero-order chi connectivity index (χ0) is 22.4. The topological polar surface area (TPSA) is 97.2 Å². The van der Waals surface area contributed by atoms with E-state index in [0.717, 1.165) is 15.7 Å². The maximum Gasteiger partial charge on any atom is 0.347 e. The number of allylic oxidation sites excluding steroid dienone is 1. The number of nitrogens with one attached hydrogen (secondary N) is 1. The molecule has 8 heteroatoms. The van der Waals surface area contributed by atoms with Crippen molar-refractivity contribution in [2.24, 2.45) is 11.8 Å². The first-order valence-corrected chi connectivity index (χ1v) is 10.5. The third-order valence-electron chi connectivity index (χ3n) is 6.19.